The van der Waals surface area contributed by atoms with E-state index in [0.29, 0.717) is 16.3 Å². The van der Waals surface area contributed by atoms with Gasteiger partial charge in [-0.1, -0.05) is 30.3 Å². The summed E-state index contributed by atoms with van der Waals surface area (Å²) >= 11 is 7.87. The van der Waals surface area contributed by atoms with Crippen LogP contribution < -0.4 is 4.74 Å². The van der Waals surface area contributed by atoms with Gasteiger partial charge < -0.3 is 9.84 Å². The normalized spacial score (nSPS) is 20.2. The van der Waals surface area contributed by atoms with Gasteiger partial charge in [-0.3, -0.25) is 0 Å². The van der Waals surface area contributed by atoms with E-state index in [-0.39, 0.29) is 11.5 Å². The zero-order valence-electron chi connectivity index (χ0n) is 14.3. The lowest BCUT2D eigenvalue weighted by Gasteiger charge is -2.21. The van der Waals surface area contributed by atoms with Gasteiger partial charge in [0.1, 0.15) is 23.6 Å². The van der Waals surface area contributed by atoms with Crippen LogP contribution in [0.25, 0.3) is 0 Å². The van der Waals surface area contributed by atoms with Gasteiger partial charge >= 0.3 is 5.97 Å². The van der Waals surface area contributed by atoms with Crippen molar-refractivity contribution in [3.63, 3.8) is 0 Å². The molecule has 0 bridgehead atoms. The van der Waals surface area contributed by atoms with Crippen LogP contribution in [0, 0.1) is 6.92 Å². The van der Waals surface area contributed by atoms with Gasteiger partial charge in [-0.2, -0.15) is 0 Å². The third-order valence-corrected chi connectivity index (χ3v) is 6.21. The Hall–Kier alpha value is -2.70. The summed E-state index contributed by atoms with van der Waals surface area (Å²) < 4.78 is 5.84. The van der Waals surface area contributed by atoms with Crippen LogP contribution in [-0.2, 0) is 11.5 Å². The third-order valence-electron chi connectivity index (χ3n) is 4.40. The van der Waals surface area contributed by atoms with Gasteiger partial charge in [0.2, 0.25) is 0 Å². The lowest BCUT2D eigenvalue weighted by Crippen LogP contribution is -2.17. The minimum absolute atomic E-state index is 0.125. The van der Waals surface area contributed by atoms with Crippen molar-refractivity contribution in [3.8, 4) is 5.75 Å². The van der Waals surface area contributed by atoms with E-state index in [2.05, 4.69) is 9.98 Å². The topological polar surface area (TPSA) is 71.2 Å². The molecule has 0 saturated carbocycles. The van der Waals surface area contributed by atoms with Gasteiger partial charge in [-0.25, -0.2) is 14.8 Å². The van der Waals surface area contributed by atoms with E-state index in [0.717, 1.165) is 28.2 Å². The van der Waals surface area contributed by atoms with Crippen molar-refractivity contribution < 1.29 is 14.6 Å². The number of allylic oxidation sites excluding steroid dienone is 3. The summed E-state index contributed by atoms with van der Waals surface area (Å²) in [5.41, 5.74) is 3.52. The van der Waals surface area contributed by atoms with Crippen LogP contribution in [0.1, 0.15) is 25.7 Å². The van der Waals surface area contributed by atoms with E-state index in [1.165, 1.54) is 6.34 Å². The molecule has 4 rings (SSSR count). The number of aromatic carboxylic acids is 1. The lowest BCUT2D eigenvalue weighted by molar-refractivity contribution is 0.0697. The van der Waals surface area contributed by atoms with Crippen LogP contribution in [0.4, 0.5) is 0 Å². The van der Waals surface area contributed by atoms with Crippen LogP contribution in [0.15, 0.2) is 64.2 Å². The molecule has 5 nitrogen and oxygen atoms in total. The number of ether oxygens (including phenoxy) is 1. The van der Waals surface area contributed by atoms with Crippen LogP contribution in [0.5, 0.6) is 5.75 Å². The Bertz CT molecular complexity index is 1050. The summed E-state index contributed by atoms with van der Waals surface area (Å²) in [6, 6.07) is 9.52. The second-order valence-corrected chi connectivity index (χ2v) is 7.89. The maximum Gasteiger partial charge on any atom is 0.349 e. The minimum atomic E-state index is -1.04. The largest absolute Gasteiger partial charge is 0.487 e. The van der Waals surface area contributed by atoms with Gasteiger partial charge in [0.05, 0.1) is 11.4 Å². The monoisotopic (exact) mass is 398 g/mol. The Morgan fingerprint density at radius 1 is 1.37 bits per heavy atom. The number of carboxylic acids is 1. The van der Waals surface area contributed by atoms with E-state index >= 15 is 0 Å². The number of aliphatic imine (C=N–C) groups is 2. The van der Waals surface area contributed by atoms with Crippen LogP contribution in [0.3, 0.4) is 0 Å². The first-order valence-corrected chi connectivity index (χ1v) is 9.42. The summed E-state index contributed by atoms with van der Waals surface area (Å²) in [7, 11) is 0. The Labute approximate surface area is 165 Å². The molecule has 2 heterocycles. The molecular formula is C20H15ClN2O3S. The maximum atomic E-state index is 11.7. The number of nitrogens with zero attached hydrogens (tertiary/aromatic N) is 2. The summed E-state index contributed by atoms with van der Waals surface area (Å²) in [5, 5.41) is 9.57. The number of thiophene rings is 1. The molecule has 1 unspecified atom stereocenters. The van der Waals surface area contributed by atoms with Gasteiger partial charge in [0.15, 0.2) is 4.88 Å². The highest BCUT2D eigenvalue weighted by Crippen LogP contribution is 2.44. The second kappa shape index (κ2) is 6.79. The van der Waals surface area contributed by atoms with E-state index in [1.54, 1.807) is 24.3 Å². The van der Waals surface area contributed by atoms with E-state index in [4.69, 9.17) is 16.3 Å². The molecule has 0 saturated heterocycles. The number of aryl methyl sites for hydroxylation is 1. The number of alkyl halides is 1. The predicted octanol–water partition coefficient (Wildman–Crippen LogP) is 4.70. The molecule has 0 spiro atoms. The van der Waals surface area contributed by atoms with Gasteiger partial charge in [-0.15, -0.1) is 22.9 Å². The standard InChI is InChI=1S/C20H15ClN2O3S/c1-12-4-2-3-5-13(12)10-26-16-8-17(27-18(16)19(24)25)20(21)7-6-14-15(9-20)23-11-22-14/h2-9,11H,10H2,1H3,(H,24,25). The number of halogens is 1. The number of carboxylic acid groups (broad SMARTS) is 1. The van der Waals surface area contributed by atoms with Crippen molar-refractivity contribution in [2.75, 3.05) is 0 Å². The fraction of sp³-hybridized carbons (Fsp3) is 0.150. The third kappa shape index (κ3) is 3.34. The second-order valence-electron chi connectivity index (χ2n) is 6.21. The predicted molar refractivity (Wildman–Crippen MR) is 107 cm³/mol. The molecule has 1 aromatic carbocycles. The van der Waals surface area contributed by atoms with E-state index in [1.807, 2.05) is 31.2 Å². The summed E-state index contributed by atoms with van der Waals surface area (Å²) in [5.74, 6) is -0.730. The van der Waals surface area contributed by atoms with Crippen molar-refractivity contribution in [1.29, 1.82) is 0 Å². The molecule has 0 amide bonds. The van der Waals surface area contributed by atoms with Crippen molar-refractivity contribution in [2.24, 2.45) is 9.98 Å². The smallest absolute Gasteiger partial charge is 0.349 e. The molecular weight excluding hydrogens is 384 g/mol. The van der Waals surface area contributed by atoms with Gasteiger partial charge in [0.25, 0.3) is 0 Å². The molecule has 0 radical (unpaired) electrons. The average molecular weight is 399 g/mol. The molecule has 1 aliphatic carbocycles. The molecule has 7 heteroatoms. The molecule has 27 heavy (non-hydrogen) atoms. The Balaban J connectivity index is 1.65. The number of fused-ring (bicyclic) bond motifs is 1. The summed E-state index contributed by atoms with van der Waals surface area (Å²) in [4.78, 5) is 19.8. The highest BCUT2D eigenvalue weighted by Gasteiger charge is 2.34. The SMILES string of the molecule is Cc1ccccc1COc1cc(C2(Cl)C=CC3=NC=NC3=C2)sc1C(=O)O. The van der Waals surface area contributed by atoms with Crippen molar-refractivity contribution >= 4 is 41.0 Å². The number of carbonyl (C=O) groups is 1. The molecule has 1 N–H and O–H groups in total. The van der Waals surface area contributed by atoms with Crippen molar-refractivity contribution in [2.45, 2.75) is 18.4 Å². The molecule has 1 aliphatic heterocycles. The quantitative estimate of drug-likeness (QED) is 0.741. The highest BCUT2D eigenvalue weighted by molar-refractivity contribution is 7.14. The summed E-state index contributed by atoms with van der Waals surface area (Å²) in [6.07, 6.45) is 6.83. The van der Waals surface area contributed by atoms with Crippen LogP contribution >= 0.6 is 22.9 Å². The molecule has 2 aliphatic rings. The number of hydrogen-bond donors (Lipinski definition) is 1. The van der Waals surface area contributed by atoms with Crippen LogP contribution in [-0.4, -0.2) is 23.1 Å². The average Bonchev–Trinajstić information content (AvgIpc) is 3.27. The van der Waals surface area contributed by atoms with Gasteiger partial charge in [0, 0.05) is 4.88 Å². The Morgan fingerprint density at radius 3 is 2.96 bits per heavy atom. The van der Waals surface area contributed by atoms with Crippen LogP contribution in [0.2, 0.25) is 0 Å². The fourth-order valence-corrected chi connectivity index (χ4v) is 4.18. The first-order valence-electron chi connectivity index (χ1n) is 8.23. The maximum absolute atomic E-state index is 11.7. The number of rotatable bonds is 5. The lowest BCUT2D eigenvalue weighted by atomic mass is 9.97. The molecule has 2 aromatic rings. The zero-order valence-corrected chi connectivity index (χ0v) is 15.9. The van der Waals surface area contributed by atoms with E-state index in [9.17, 15) is 9.90 Å². The fourth-order valence-electron chi connectivity index (χ4n) is 2.87. The number of benzene rings is 1. The Morgan fingerprint density at radius 2 is 2.19 bits per heavy atom. The van der Waals surface area contributed by atoms with E-state index < -0.39 is 10.8 Å². The molecule has 1 atom stereocenters. The zero-order chi connectivity index (χ0) is 19.0. The minimum Gasteiger partial charge on any atom is -0.487 e. The molecule has 136 valence electrons. The van der Waals surface area contributed by atoms with Crippen molar-refractivity contribution in [1.82, 2.24) is 0 Å². The first kappa shape index (κ1) is 17.7. The summed E-state index contributed by atoms with van der Waals surface area (Å²) in [6.45, 7) is 2.28. The highest BCUT2D eigenvalue weighted by atomic mass is 35.5. The van der Waals surface area contributed by atoms with Crippen molar-refractivity contribution in [3.05, 3.63) is 75.1 Å². The molecule has 1 aromatic heterocycles. The number of hydrogen-bond acceptors (Lipinski definition) is 5. The molecule has 0 fully saturated rings. The Kier molecular flexibility index (Phi) is 4.45. The first-order chi connectivity index (χ1) is 13.0. The van der Waals surface area contributed by atoms with Gasteiger partial charge in [-0.05, 0) is 36.3 Å².